The van der Waals surface area contributed by atoms with Crippen LogP contribution in [-0.4, -0.2) is 0 Å². The zero-order chi connectivity index (χ0) is 16.6. The van der Waals surface area contributed by atoms with E-state index in [2.05, 4.69) is 79.7 Å². The number of hydrogen-bond acceptors (Lipinski definition) is 0. The van der Waals surface area contributed by atoms with Crippen LogP contribution in [-0.2, 0) is 6.42 Å². The number of aryl methyl sites for hydroxylation is 1. The molecule has 0 radical (unpaired) electrons. The maximum Gasteiger partial charge on any atom is 0.00573 e. The van der Waals surface area contributed by atoms with E-state index >= 15 is 0 Å². The summed E-state index contributed by atoms with van der Waals surface area (Å²) in [4.78, 5) is 0. The normalized spacial score (nSPS) is 16.8. The fraction of sp³-hybridized carbons (Fsp3) is 0.333. The Labute approximate surface area is 146 Å². The van der Waals surface area contributed by atoms with Gasteiger partial charge in [-0.3, -0.25) is 0 Å². The molecule has 0 spiro atoms. The van der Waals surface area contributed by atoms with Crippen LogP contribution < -0.4 is 0 Å². The summed E-state index contributed by atoms with van der Waals surface area (Å²) in [6, 6.07) is 21.8. The summed E-state index contributed by atoms with van der Waals surface area (Å²) < 4.78 is 0. The van der Waals surface area contributed by atoms with Gasteiger partial charge in [0.1, 0.15) is 0 Å². The quantitative estimate of drug-likeness (QED) is 0.468. The van der Waals surface area contributed by atoms with Crippen LogP contribution in [0.15, 0.2) is 78.4 Å². The first-order valence-electron chi connectivity index (χ1n) is 9.38. The summed E-state index contributed by atoms with van der Waals surface area (Å²) >= 11 is 0. The van der Waals surface area contributed by atoms with Crippen LogP contribution in [0.4, 0.5) is 0 Å². The Balaban J connectivity index is 1.69. The van der Waals surface area contributed by atoms with Crippen LogP contribution in [0.25, 0.3) is 5.57 Å². The second-order valence-corrected chi connectivity index (χ2v) is 6.76. The largest absolute Gasteiger partial charge is 0.0654 e. The van der Waals surface area contributed by atoms with Crippen molar-refractivity contribution >= 4 is 5.57 Å². The third-order valence-electron chi connectivity index (χ3n) is 5.05. The van der Waals surface area contributed by atoms with Gasteiger partial charge in [0.05, 0.1) is 0 Å². The monoisotopic (exact) mass is 316 g/mol. The summed E-state index contributed by atoms with van der Waals surface area (Å²) in [5.74, 6) is 0.614. The van der Waals surface area contributed by atoms with E-state index in [1.165, 1.54) is 48.8 Å². The number of hydrogen-bond donors (Lipinski definition) is 0. The van der Waals surface area contributed by atoms with Crippen LogP contribution in [0.5, 0.6) is 0 Å². The highest BCUT2D eigenvalue weighted by atomic mass is 14.3. The molecule has 0 N–H and O–H groups in total. The van der Waals surface area contributed by atoms with Crippen molar-refractivity contribution < 1.29 is 0 Å². The van der Waals surface area contributed by atoms with E-state index < -0.39 is 0 Å². The molecule has 1 atom stereocenters. The van der Waals surface area contributed by atoms with Gasteiger partial charge >= 0.3 is 0 Å². The molecule has 0 amide bonds. The molecular weight excluding hydrogens is 288 g/mol. The van der Waals surface area contributed by atoms with Gasteiger partial charge in [0, 0.05) is 5.92 Å². The highest BCUT2D eigenvalue weighted by molar-refractivity contribution is 5.74. The van der Waals surface area contributed by atoms with Crippen LogP contribution in [0.2, 0.25) is 0 Å². The van der Waals surface area contributed by atoms with E-state index in [9.17, 15) is 0 Å². The topological polar surface area (TPSA) is 0 Å². The predicted molar refractivity (Wildman–Crippen MR) is 105 cm³/mol. The van der Waals surface area contributed by atoms with Crippen molar-refractivity contribution in [2.24, 2.45) is 5.92 Å². The third kappa shape index (κ3) is 4.26. The van der Waals surface area contributed by atoms with Crippen molar-refractivity contribution in [1.29, 1.82) is 0 Å². The Hall–Kier alpha value is -2.08. The maximum atomic E-state index is 2.39. The van der Waals surface area contributed by atoms with Gasteiger partial charge in [0.15, 0.2) is 0 Å². The average molecular weight is 316 g/mol. The van der Waals surface area contributed by atoms with Gasteiger partial charge in [-0.15, -0.1) is 0 Å². The van der Waals surface area contributed by atoms with Crippen molar-refractivity contribution in [3.05, 3.63) is 89.5 Å². The molecule has 1 aliphatic carbocycles. The summed E-state index contributed by atoms with van der Waals surface area (Å²) in [5, 5.41) is 0. The van der Waals surface area contributed by atoms with Gasteiger partial charge in [0.2, 0.25) is 0 Å². The van der Waals surface area contributed by atoms with Crippen molar-refractivity contribution in [2.75, 3.05) is 0 Å². The zero-order valence-corrected chi connectivity index (χ0v) is 14.7. The molecule has 2 aromatic carbocycles. The van der Waals surface area contributed by atoms with Gasteiger partial charge in [-0.25, -0.2) is 0 Å². The van der Waals surface area contributed by atoms with E-state index in [1.807, 2.05) is 0 Å². The minimum atomic E-state index is 0.614. The van der Waals surface area contributed by atoms with Crippen molar-refractivity contribution in [3.8, 4) is 0 Å². The molecule has 1 unspecified atom stereocenters. The van der Waals surface area contributed by atoms with E-state index in [1.54, 1.807) is 5.57 Å². The van der Waals surface area contributed by atoms with E-state index in [4.69, 9.17) is 0 Å². The summed E-state index contributed by atoms with van der Waals surface area (Å²) in [7, 11) is 0. The number of rotatable bonds is 8. The number of allylic oxidation sites excluding steroid dienone is 4. The Kier molecular flexibility index (Phi) is 6.07. The zero-order valence-electron chi connectivity index (χ0n) is 14.7. The van der Waals surface area contributed by atoms with Crippen LogP contribution in [0.3, 0.4) is 0 Å². The lowest BCUT2D eigenvalue weighted by atomic mass is 9.84. The lowest BCUT2D eigenvalue weighted by Gasteiger charge is -2.20. The van der Waals surface area contributed by atoms with Crippen molar-refractivity contribution in [2.45, 2.75) is 45.4 Å². The lowest BCUT2D eigenvalue weighted by molar-refractivity contribution is 0.592. The Morgan fingerprint density at radius 3 is 2.17 bits per heavy atom. The van der Waals surface area contributed by atoms with E-state index in [0.717, 1.165) is 6.42 Å². The highest BCUT2D eigenvalue weighted by Crippen LogP contribution is 2.39. The Morgan fingerprint density at radius 1 is 0.750 bits per heavy atom. The molecule has 2 aromatic rings. The SMILES string of the molecule is CCCCCC1C(CCc2ccccc2)=CC=C1c1ccccc1. The molecule has 0 heterocycles. The first kappa shape index (κ1) is 16.8. The van der Waals surface area contributed by atoms with Crippen molar-refractivity contribution in [3.63, 3.8) is 0 Å². The average Bonchev–Trinajstić information content (AvgIpc) is 3.05. The molecule has 0 bridgehead atoms. The van der Waals surface area contributed by atoms with Gasteiger partial charge < -0.3 is 0 Å². The first-order valence-corrected chi connectivity index (χ1v) is 9.38. The molecule has 0 aliphatic heterocycles. The predicted octanol–water partition coefficient (Wildman–Crippen LogP) is 6.84. The third-order valence-corrected chi connectivity index (χ3v) is 5.05. The first-order chi connectivity index (χ1) is 11.9. The number of unbranched alkanes of at least 4 members (excludes halogenated alkanes) is 2. The smallest absolute Gasteiger partial charge is 0.00573 e. The molecule has 0 saturated carbocycles. The minimum Gasteiger partial charge on any atom is -0.0654 e. The Morgan fingerprint density at radius 2 is 1.46 bits per heavy atom. The highest BCUT2D eigenvalue weighted by Gasteiger charge is 2.23. The lowest BCUT2D eigenvalue weighted by Crippen LogP contribution is -2.05. The molecule has 0 fully saturated rings. The Bertz CT molecular complexity index is 676. The molecule has 3 rings (SSSR count). The van der Waals surface area contributed by atoms with Gasteiger partial charge in [-0.05, 0) is 36.0 Å². The van der Waals surface area contributed by atoms with E-state index in [-0.39, 0.29) is 0 Å². The van der Waals surface area contributed by atoms with Crippen molar-refractivity contribution in [1.82, 2.24) is 0 Å². The van der Waals surface area contributed by atoms with Gasteiger partial charge in [-0.2, -0.15) is 0 Å². The second kappa shape index (κ2) is 8.68. The maximum absolute atomic E-state index is 2.39. The molecule has 24 heavy (non-hydrogen) atoms. The molecule has 0 nitrogen and oxygen atoms in total. The standard InChI is InChI=1S/C24H28/c1-2-3-6-15-23-22(17-16-20-11-7-4-8-12-20)18-19-24(23)21-13-9-5-10-14-21/h4-5,7-14,18-19,23H,2-3,6,15-17H2,1H3. The van der Waals surface area contributed by atoms with Crippen LogP contribution in [0.1, 0.15) is 50.2 Å². The minimum absolute atomic E-state index is 0.614. The summed E-state index contributed by atoms with van der Waals surface area (Å²) in [6.07, 6.45) is 12.3. The molecule has 0 aromatic heterocycles. The van der Waals surface area contributed by atoms with Crippen LogP contribution >= 0.6 is 0 Å². The fourth-order valence-corrected chi connectivity index (χ4v) is 3.69. The molecule has 124 valence electrons. The van der Waals surface area contributed by atoms with Crippen LogP contribution in [0, 0.1) is 5.92 Å². The molecule has 1 aliphatic rings. The summed E-state index contributed by atoms with van der Waals surface area (Å²) in [6.45, 7) is 2.29. The van der Waals surface area contributed by atoms with Gasteiger partial charge in [0.25, 0.3) is 0 Å². The summed E-state index contributed by atoms with van der Waals surface area (Å²) in [5.41, 5.74) is 5.98. The molecule has 0 saturated heterocycles. The van der Waals surface area contributed by atoms with E-state index in [0.29, 0.717) is 5.92 Å². The fourth-order valence-electron chi connectivity index (χ4n) is 3.69. The second-order valence-electron chi connectivity index (χ2n) is 6.76. The molecule has 0 heteroatoms. The van der Waals surface area contributed by atoms with Gasteiger partial charge in [-0.1, -0.05) is 105 Å². The molecular formula is C24H28. The number of benzene rings is 2.